The van der Waals surface area contributed by atoms with Gasteiger partial charge in [-0.25, -0.2) is 13.1 Å². The van der Waals surface area contributed by atoms with Crippen LogP contribution in [0.15, 0.2) is 12.2 Å². The molecule has 0 aromatic carbocycles. The first-order chi connectivity index (χ1) is 7.55. The van der Waals surface area contributed by atoms with Crippen LogP contribution in [0.25, 0.3) is 0 Å². The number of allylic oxidation sites excluding steroid dienone is 2. The molecule has 0 fully saturated rings. The van der Waals surface area contributed by atoms with Crippen molar-refractivity contribution in [3.63, 3.8) is 0 Å². The molecule has 1 amide bonds. The molecule has 0 aromatic heterocycles. The molecule has 92 valence electrons. The summed E-state index contributed by atoms with van der Waals surface area (Å²) in [5.41, 5.74) is 0. The first-order valence-electron chi connectivity index (χ1n) is 5.39. The van der Waals surface area contributed by atoms with E-state index in [1.807, 2.05) is 6.08 Å². The zero-order chi connectivity index (χ0) is 12.0. The van der Waals surface area contributed by atoms with Crippen LogP contribution < -0.4 is 10.0 Å². The maximum absolute atomic E-state index is 11.6. The number of carbonyl (C=O) groups is 1. The topological polar surface area (TPSA) is 75.3 Å². The molecule has 1 atom stereocenters. The highest BCUT2D eigenvalue weighted by Gasteiger charge is 2.18. The molecule has 0 saturated carbocycles. The Morgan fingerprint density at radius 3 is 2.75 bits per heavy atom. The van der Waals surface area contributed by atoms with Crippen LogP contribution in [-0.2, 0) is 14.8 Å². The van der Waals surface area contributed by atoms with Gasteiger partial charge in [-0.05, 0) is 26.3 Å². The predicted octanol–water partition coefficient (Wildman–Crippen LogP) is 0.00810. The highest BCUT2D eigenvalue weighted by molar-refractivity contribution is 7.89. The number of amides is 1. The van der Waals surface area contributed by atoms with Gasteiger partial charge in [-0.1, -0.05) is 12.2 Å². The van der Waals surface area contributed by atoms with Gasteiger partial charge in [0.05, 0.1) is 5.75 Å². The molecule has 0 spiro atoms. The summed E-state index contributed by atoms with van der Waals surface area (Å²) in [5, 5.41) is 2.65. The number of rotatable bonds is 5. The minimum absolute atomic E-state index is 0.00212. The fourth-order valence-corrected chi connectivity index (χ4v) is 2.16. The maximum Gasteiger partial charge on any atom is 0.223 e. The van der Waals surface area contributed by atoms with E-state index in [4.69, 9.17) is 0 Å². The van der Waals surface area contributed by atoms with E-state index in [2.05, 4.69) is 16.1 Å². The molecule has 1 unspecified atom stereocenters. The van der Waals surface area contributed by atoms with Crippen LogP contribution in [0.3, 0.4) is 0 Å². The fourth-order valence-electron chi connectivity index (χ4n) is 1.59. The Bertz CT molecular complexity index is 362. The van der Waals surface area contributed by atoms with Crippen LogP contribution in [0.2, 0.25) is 0 Å². The molecule has 0 heterocycles. The molecule has 0 aliphatic heterocycles. The Balaban J connectivity index is 2.28. The largest absolute Gasteiger partial charge is 0.355 e. The molecular weight excluding hydrogens is 228 g/mol. The Hall–Kier alpha value is -0.880. The normalized spacial score (nSPS) is 20.7. The summed E-state index contributed by atoms with van der Waals surface area (Å²) in [6, 6.07) is 0. The first kappa shape index (κ1) is 13.2. The zero-order valence-electron chi connectivity index (χ0n) is 9.40. The van der Waals surface area contributed by atoms with Gasteiger partial charge in [0, 0.05) is 12.5 Å². The second-order valence-electron chi connectivity index (χ2n) is 3.80. The lowest BCUT2D eigenvalue weighted by Crippen LogP contribution is -2.36. The third-order valence-electron chi connectivity index (χ3n) is 2.62. The molecule has 1 aliphatic rings. The molecule has 16 heavy (non-hydrogen) atoms. The molecular formula is C10H18N2O3S. The van der Waals surface area contributed by atoms with E-state index < -0.39 is 10.0 Å². The Kier molecular flexibility index (Phi) is 4.95. The molecule has 0 aromatic rings. The van der Waals surface area contributed by atoms with E-state index in [1.54, 1.807) is 0 Å². The second kappa shape index (κ2) is 6.00. The van der Waals surface area contributed by atoms with Gasteiger partial charge in [-0.2, -0.15) is 0 Å². The smallest absolute Gasteiger partial charge is 0.223 e. The van der Waals surface area contributed by atoms with Gasteiger partial charge < -0.3 is 5.32 Å². The van der Waals surface area contributed by atoms with E-state index in [1.165, 1.54) is 7.05 Å². The lowest BCUT2D eigenvalue weighted by Gasteiger charge is -2.17. The van der Waals surface area contributed by atoms with Crippen LogP contribution in [0.4, 0.5) is 0 Å². The minimum Gasteiger partial charge on any atom is -0.355 e. The molecule has 0 saturated heterocycles. The summed E-state index contributed by atoms with van der Waals surface area (Å²) in [7, 11) is -1.86. The van der Waals surface area contributed by atoms with Crippen LogP contribution >= 0.6 is 0 Å². The number of hydrogen-bond donors (Lipinski definition) is 2. The fraction of sp³-hybridized carbons (Fsp3) is 0.700. The van der Waals surface area contributed by atoms with Gasteiger partial charge in [0.2, 0.25) is 15.9 Å². The van der Waals surface area contributed by atoms with Crippen molar-refractivity contribution in [2.45, 2.75) is 19.3 Å². The predicted molar refractivity (Wildman–Crippen MR) is 62.3 cm³/mol. The van der Waals surface area contributed by atoms with Crippen LogP contribution in [0.1, 0.15) is 19.3 Å². The van der Waals surface area contributed by atoms with Crippen molar-refractivity contribution in [3.05, 3.63) is 12.2 Å². The van der Waals surface area contributed by atoms with Crippen molar-refractivity contribution in [1.82, 2.24) is 10.0 Å². The van der Waals surface area contributed by atoms with Gasteiger partial charge in [0.1, 0.15) is 0 Å². The van der Waals surface area contributed by atoms with Crippen molar-refractivity contribution in [3.8, 4) is 0 Å². The third-order valence-corrected chi connectivity index (χ3v) is 3.98. The first-order valence-corrected chi connectivity index (χ1v) is 7.04. The Labute approximate surface area is 96.4 Å². The number of hydrogen-bond acceptors (Lipinski definition) is 3. The summed E-state index contributed by atoms with van der Waals surface area (Å²) in [6.07, 6.45) is 6.59. The van der Waals surface area contributed by atoms with Crippen LogP contribution in [-0.4, -0.2) is 33.7 Å². The van der Waals surface area contributed by atoms with Crippen molar-refractivity contribution < 1.29 is 13.2 Å². The Morgan fingerprint density at radius 2 is 2.19 bits per heavy atom. The van der Waals surface area contributed by atoms with Crippen molar-refractivity contribution in [1.29, 1.82) is 0 Å². The van der Waals surface area contributed by atoms with Crippen molar-refractivity contribution in [2.24, 2.45) is 5.92 Å². The van der Waals surface area contributed by atoms with Crippen LogP contribution in [0, 0.1) is 5.92 Å². The quantitative estimate of drug-likeness (QED) is 0.671. The average Bonchev–Trinajstić information content (AvgIpc) is 2.30. The van der Waals surface area contributed by atoms with E-state index in [9.17, 15) is 13.2 Å². The molecule has 0 radical (unpaired) electrons. The summed E-state index contributed by atoms with van der Waals surface area (Å²) >= 11 is 0. The summed E-state index contributed by atoms with van der Waals surface area (Å²) in [6.45, 7) is 0.169. The highest BCUT2D eigenvalue weighted by Crippen LogP contribution is 2.17. The van der Waals surface area contributed by atoms with E-state index >= 15 is 0 Å². The SMILES string of the molecule is CNS(=O)(=O)CCNC(=O)C1CC=CCC1. The molecule has 0 bridgehead atoms. The summed E-state index contributed by atoms with van der Waals surface area (Å²) in [4.78, 5) is 11.6. The number of sulfonamides is 1. The molecule has 1 rings (SSSR count). The molecule has 6 heteroatoms. The number of nitrogens with one attached hydrogen (secondary N) is 2. The lowest BCUT2D eigenvalue weighted by molar-refractivity contribution is -0.125. The van der Waals surface area contributed by atoms with Crippen LogP contribution in [0.5, 0.6) is 0 Å². The second-order valence-corrected chi connectivity index (χ2v) is 5.84. The van der Waals surface area contributed by atoms with Crippen molar-refractivity contribution >= 4 is 15.9 Å². The van der Waals surface area contributed by atoms with Gasteiger partial charge in [-0.15, -0.1) is 0 Å². The van der Waals surface area contributed by atoms with Gasteiger partial charge >= 0.3 is 0 Å². The molecule has 5 nitrogen and oxygen atoms in total. The standard InChI is InChI=1S/C10H18N2O3S/c1-11-16(14,15)8-7-12-10(13)9-5-3-2-4-6-9/h2-3,9,11H,4-8H2,1H3,(H,12,13). The van der Waals surface area contributed by atoms with E-state index in [0.29, 0.717) is 0 Å². The summed E-state index contributed by atoms with van der Waals surface area (Å²) < 4.78 is 24.4. The van der Waals surface area contributed by atoms with Gasteiger partial charge in [0.15, 0.2) is 0 Å². The van der Waals surface area contributed by atoms with Crippen molar-refractivity contribution in [2.75, 3.05) is 19.3 Å². The highest BCUT2D eigenvalue weighted by atomic mass is 32.2. The van der Waals surface area contributed by atoms with E-state index in [0.717, 1.165) is 19.3 Å². The lowest BCUT2D eigenvalue weighted by atomic mass is 9.94. The number of carbonyl (C=O) groups excluding carboxylic acids is 1. The molecule has 2 N–H and O–H groups in total. The Morgan fingerprint density at radius 1 is 1.44 bits per heavy atom. The average molecular weight is 246 g/mol. The molecule has 1 aliphatic carbocycles. The summed E-state index contributed by atoms with van der Waals surface area (Å²) in [5.74, 6) is -0.115. The maximum atomic E-state index is 11.6. The third kappa shape index (κ3) is 4.32. The van der Waals surface area contributed by atoms with Gasteiger partial charge in [0.25, 0.3) is 0 Å². The monoisotopic (exact) mass is 246 g/mol. The van der Waals surface area contributed by atoms with E-state index in [-0.39, 0.29) is 24.1 Å². The van der Waals surface area contributed by atoms with Gasteiger partial charge in [-0.3, -0.25) is 4.79 Å². The minimum atomic E-state index is -3.22. The zero-order valence-corrected chi connectivity index (χ0v) is 10.2.